The van der Waals surface area contributed by atoms with Gasteiger partial charge in [-0.1, -0.05) is 50.2 Å². The van der Waals surface area contributed by atoms with Crippen molar-refractivity contribution in [2.24, 2.45) is 11.3 Å². The van der Waals surface area contributed by atoms with Crippen molar-refractivity contribution in [2.45, 2.75) is 107 Å². The van der Waals surface area contributed by atoms with Gasteiger partial charge in [-0.05, 0) is 141 Å². The number of piperazine rings is 1. The van der Waals surface area contributed by atoms with Gasteiger partial charge in [0.2, 0.25) is 0 Å². The molecule has 2 saturated carbocycles. The van der Waals surface area contributed by atoms with E-state index in [0.717, 1.165) is 94.9 Å². The van der Waals surface area contributed by atoms with Crippen LogP contribution in [0.1, 0.15) is 117 Å². The van der Waals surface area contributed by atoms with Crippen molar-refractivity contribution in [3.63, 3.8) is 0 Å². The molecule has 386 valence electrons. The van der Waals surface area contributed by atoms with E-state index in [1.54, 1.807) is 24.4 Å². The van der Waals surface area contributed by atoms with Crippen LogP contribution in [0.25, 0.3) is 11.0 Å². The first-order valence-electron chi connectivity index (χ1n) is 25.9. The number of carbonyl (C=O) groups is 1. The highest BCUT2D eigenvalue weighted by molar-refractivity contribution is 7.90. The van der Waals surface area contributed by atoms with Gasteiger partial charge in [0.1, 0.15) is 22.8 Å². The third-order valence-electron chi connectivity index (χ3n) is 16.2. The van der Waals surface area contributed by atoms with E-state index in [9.17, 15) is 33.7 Å². The van der Waals surface area contributed by atoms with Gasteiger partial charge < -0.3 is 25.0 Å². The number of fused-ring (bicyclic) bond motifs is 1. The topological polar surface area (TPSA) is 210 Å². The highest BCUT2D eigenvalue weighted by atomic mass is 32.2. The first-order chi connectivity index (χ1) is 35.5. The fraction of sp³-hybridized carbons (Fsp3) is 0.421. The van der Waals surface area contributed by atoms with Crippen molar-refractivity contribution >= 4 is 44.0 Å². The molecule has 4 N–H and O–H groups in total. The van der Waals surface area contributed by atoms with E-state index in [4.69, 9.17) is 4.74 Å². The fourth-order valence-electron chi connectivity index (χ4n) is 11.9. The Balaban J connectivity index is 0.831. The SMILES string of the molecule is CC(C)c1ccccc1C1CN(Cc2ccc(C#N)cc2)CCN1C1CC2(CCN(c3ccc(C(=O)NS(=O)(=O)c4ccc(NCC5CCC(C)(O)CC5)c([N+](=O)[O-])c4)c(Oc4cnc5[nH]ccc5c4)c3)CC2)C1. The molecule has 2 aromatic heterocycles. The van der Waals surface area contributed by atoms with Crippen molar-refractivity contribution in [2.75, 3.05) is 49.5 Å². The number of anilines is 2. The molecule has 2 saturated heterocycles. The number of sulfonamides is 1. The largest absolute Gasteiger partial charge is 0.455 e. The van der Waals surface area contributed by atoms with Gasteiger partial charge in [-0.2, -0.15) is 5.26 Å². The maximum Gasteiger partial charge on any atom is 0.293 e. The average molecular weight is 1020 g/mol. The van der Waals surface area contributed by atoms with Crippen molar-refractivity contribution in [1.82, 2.24) is 24.5 Å². The van der Waals surface area contributed by atoms with Gasteiger partial charge in [-0.25, -0.2) is 18.1 Å². The molecule has 74 heavy (non-hydrogen) atoms. The number of carbonyl (C=O) groups excluding carboxylic acids is 1. The third kappa shape index (κ3) is 11.0. The number of nitrogens with zero attached hydrogens (tertiary/aromatic N) is 6. The number of ether oxygens (including phenoxy) is 1. The number of aromatic nitrogens is 2. The molecular weight excluding hydrogens is 955 g/mol. The second kappa shape index (κ2) is 20.8. The predicted molar refractivity (Wildman–Crippen MR) is 285 cm³/mol. The number of nitrogens with one attached hydrogen (secondary N) is 3. The Morgan fingerprint density at radius 2 is 1.73 bits per heavy atom. The number of nitro groups is 1. The number of aromatic amines is 1. The number of nitro benzene ring substituents is 1. The van der Waals surface area contributed by atoms with Crippen LogP contribution in [0.2, 0.25) is 0 Å². The lowest BCUT2D eigenvalue weighted by Gasteiger charge is -2.58. The Kier molecular flexibility index (Phi) is 14.3. The van der Waals surface area contributed by atoms with Crippen LogP contribution in [0.5, 0.6) is 11.5 Å². The first-order valence-corrected chi connectivity index (χ1v) is 27.4. The third-order valence-corrected chi connectivity index (χ3v) is 17.6. The van der Waals surface area contributed by atoms with E-state index in [0.29, 0.717) is 48.3 Å². The summed E-state index contributed by atoms with van der Waals surface area (Å²) < 4.78 is 36.2. The summed E-state index contributed by atoms with van der Waals surface area (Å²) in [5.74, 6) is 0.129. The van der Waals surface area contributed by atoms with Crippen LogP contribution in [0.4, 0.5) is 17.1 Å². The van der Waals surface area contributed by atoms with Crippen LogP contribution in [0.3, 0.4) is 0 Å². The molecule has 1 atom stereocenters. The highest BCUT2D eigenvalue weighted by Gasteiger charge is 2.50. The zero-order chi connectivity index (χ0) is 51.8. The first kappa shape index (κ1) is 50.7. The molecular formula is C57H65N9O7S. The van der Waals surface area contributed by atoms with Crippen molar-refractivity contribution in [3.05, 3.63) is 147 Å². The van der Waals surface area contributed by atoms with Crippen LogP contribution in [-0.4, -0.2) is 95.0 Å². The van der Waals surface area contributed by atoms with Gasteiger partial charge >= 0.3 is 0 Å². The van der Waals surface area contributed by atoms with Crippen molar-refractivity contribution < 1.29 is 28.0 Å². The number of nitriles is 1. The molecule has 16 nitrogen and oxygen atoms in total. The van der Waals surface area contributed by atoms with Crippen molar-refractivity contribution in [3.8, 4) is 17.6 Å². The van der Waals surface area contributed by atoms with Gasteiger partial charge in [0.25, 0.3) is 21.6 Å². The van der Waals surface area contributed by atoms with Crippen LogP contribution in [0, 0.1) is 32.8 Å². The highest BCUT2D eigenvalue weighted by Crippen LogP contribution is 2.53. The fourth-order valence-corrected chi connectivity index (χ4v) is 12.9. The van der Waals surface area contributed by atoms with E-state index in [1.807, 2.05) is 31.2 Å². The summed E-state index contributed by atoms with van der Waals surface area (Å²) in [5.41, 5.74) is 5.39. The molecule has 4 aliphatic rings. The van der Waals surface area contributed by atoms with Gasteiger partial charge in [0, 0.05) is 87.3 Å². The number of rotatable bonds is 15. The van der Waals surface area contributed by atoms with E-state index in [1.165, 1.54) is 35.0 Å². The van der Waals surface area contributed by atoms with Crippen LogP contribution in [-0.2, 0) is 16.6 Å². The molecule has 0 radical (unpaired) electrons. The summed E-state index contributed by atoms with van der Waals surface area (Å²) >= 11 is 0. The van der Waals surface area contributed by atoms with Crippen LogP contribution >= 0.6 is 0 Å². The standard InChI is InChI=1S/C57H65N9O7S/c1-38(2)47-6-4-5-7-48(47)52-37-63(36-41-10-8-39(33-58)9-11-41)26-27-65(52)44-31-57(32-44)21-24-64(25-22-57)43-12-14-49(53(29-43)73-45-28-42-18-23-59-54(42)61-35-45)55(67)62-74(71,72)46-13-15-50(51(30-46)66(69)70)60-34-40-16-19-56(3,68)20-17-40/h4-15,18,23,28-30,35,38,40,44,52,60,68H,16-17,19-22,24-27,31-32,34,36-37H2,1-3H3,(H,59,61)(H,62,67). The molecule has 10 rings (SSSR count). The smallest absolute Gasteiger partial charge is 0.293 e. The zero-order valence-corrected chi connectivity index (χ0v) is 43.1. The van der Waals surface area contributed by atoms with Crippen molar-refractivity contribution in [1.29, 1.82) is 5.26 Å². The Morgan fingerprint density at radius 3 is 2.46 bits per heavy atom. The molecule has 2 aliphatic carbocycles. The zero-order valence-electron chi connectivity index (χ0n) is 42.3. The van der Waals surface area contributed by atoms with E-state index in [2.05, 4.69) is 91.0 Å². The van der Waals surface area contributed by atoms with Gasteiger partial charge in [0.05, 0.1) is 38.8 Å². The average Bonchev–Trinajstić information content (AvgIpc) is 3.86. The number of H-pyrrole nitrogens is 1. The molecule has 4 fully saturated rings. The van der Waals surface area contributed by atoms with Gasteiger partial charge in [0.15, 0.2) is 0 Å². The second-order valence-electron chi connectivity index (χ2n) is 21.7. The summed E-state index contributed by atoms with van der Waals surface area (Å²) in [7, 11) is -4.59. The van der Waals surface area contributed by atoms with E-state index >= 15 is 0 Å². The lowest BCUT2D eigenvalue weighted by atomic mass is 9.59. The molecule has 2 aliphatic heterocycles. The maximum atomic E-state index is 14.1. The summed E-state index contributed by atoms with van der Waals surface area (Å²) in [6, 6.07) is 32.2. The monoisotopic (exact) mass is 1020 g/mol. The number of benzene rings is 4. The van der Waals surface area contributed by atoms with E-state index < -0.39 is 37.0 Å². The molecule has 1 amide bonds. The quantitative estimate of drug-likeness (QED) is 0.0558. The summed E-state index contributed by atoms with van der Waals surface area (Å²) in [6.45, 7) is 12.1. The minimum atomic E-state index is -4.59. The van der Waals surface area contributed by atoms with Crippen LogP contribution in [0.15, 0.2) is 114 Å². The minimum Gasteiger partial charge on any atom is -0.455 e. The van der Waals surface area contributed by atoms with Gasteiger partial charge in [-0.15, -0.1) is 0 Å². The Morgan fingerprint density at radius 1 is 0.973 bits per heavy atom. The van der Waals surface area contributed by atoms with Gasteiger partial charge in [-0.3, -0.25) is 24.7 Å². The number of pyridine rings is 1. The van der Waals surface area contributed by atoms with E-state index in [-0.39, 0.29) is 34.4 Å². The molecule has 1 spiro atoms. The summed E-state index contributed by atoms with van der Waals surface area (Å²) in [4.78, 5) is 40.4. The minimum absolute atomic E-state index is 0.0355. The normalized spacial score (nSPS) is 21.5. The lowest BCUT2D eigenvalue weighted by Crippen LogP contribution is -2.60. The number of aliphatic hydroxyl groups is 1. The Labute approximate surface area is 432 Å². The Bertz CT molecular complexity index is 3180. The number of piperidine rings is 1. The molecule has 17 heteroatoms. The number of hydrogen-bond acceptors (Lipinski definition) is 13. The molecule has 1 unspecified atom stereocenters. The second-order valence-corrected chi connectivity index (χ2v) is 23.4. The number of hydrogen-bond donors (Lipinski definition) is 4. The lowest BCUT2D eigenvalue weighted by molar-refractivity contribution is -0.384. The molecule has 0 bridgehead atoms. The molecule has 4 heterocycles. The van der Waals surface area contributed by atoms with Crippen LogP contribution < -0.4 is 19.7 Å². The Hall–Kier alpha value is -6.84. The number of amides is 1. The molecule has 4 aromatic carbocycles. The predicted octanol–water partition coefficient (Wildman–Crippen LogP) is 10.0. The molecule has 6 aromatic rings. The maximum absolute atomic E-state index is 14.1. The summed E-state index contributed by atoms with van der Waals surface area (Å²) in [5, 5.41) is 35.8. The summed E-state index contributed by atoms with van der Waals surface area (Å²) in [6.07, 6.45) is 10.3.